The number of benzene rings is 1. The number of fused-ring (bicyclic) bond motifs is 1. The summed E-state index contributed by atoms with van der Waals surface area (Å²) in [5.41, 5.74) is 1.25. The first-order valence-electron chi connectivity index (χ1n) is 6.76. The third-order valence-electron chi connectivity index (χ3n) is 3.16. The zero-order valence-electron chi connectivity index (χ0n) is 12.7. The second-order valence-electron chi connectivity index (χ2n) is 6.10. The summed E-state index contributed by atoms with van der Waals surface area (Å²) in [6, 6.07) is 4.68. The average molecular weight is 421 g/mol. The maximum absolute atomic E-state index is 11.9. The van der Waals surface area contributed by atoms with Crippen LogP contribution in [0, 0.1) is 3.57 Å². The van der Waals surface area contributed by atoms with Gasteiger partial charge in [0.15, 0.2) is 5.58 Å². The van der Waals surface area contributed by atoms with Gasteiger partial charge in [0.2, 0.25) is 0 Å². The van der Waals surface area contributed by atoms with E-state index in [1.165, 1.54) is 4.57 Å². The molecule has 0 aliphatic rings. The van der Waals surface area contributed by atoms with Crippen molar-refractivity contribution in [2.24, 2.45) is 0 Å². The standard InChI is InChI=1S/C14H20INO4Si/c1-18-12-8-11-13(7-10(12)15)20-14(17)16(11)9-19-5-6-21(2,3)4/h7-8H,5-6,9H2,1-4H3. The lowest BCUT2D eigenvalue weighted by Gasteiger charge is -2.15. The predicted molar refractivity (Wildman–Crippen MR) is 93.8 cm³/mol. The molecule has 116 valence electrons. The molecule has 0 unspecified atom stereocenters. The van der Waals surface area contributed by atoms with E-state index in [9.17, 15) is 4.79 Å². The molecule has 0 amide bonds. The van der Waals surface area contributed by atoms with Crippen LogP contribution in [0.15, 0.2) is 21.3 Å². The third kappa shape index (κ3) is 4.10. The normalized spacial score (nSPS) is 12.0. The first kappa shape index (κ1) is 16.6. The van der Waals surface area contributed by atoms with Crippen molar-refractivity contribution in [2.75, 3.05) is 13.7 Å². The van der Waals surface area contributed by atoms with Crippen LogP contribution in [0.4, 0.5) is 0 Å². The molecule has 1 heterocycles. The quantitative estimate of drug-likeness (QED) is 0.407. The lowest BCUT2D eigenvalue weighted by molar-refractivity contribution is 0.0850. The highest BCUT2D eigenvalue weighted by Crippen LogP contribution is 2.26. The zero-order chi connectivity index (χ0) is 15.6. The molecule has 2 rings (SSSR count). The molecule has 1 aromatic heterocycles. The van der Waals surface area contributed by atoms with Gasteiger partial charge in [-0.1, -0.05) is 19.6 Å². The lowest BCUT2D eigenvalue weighted by Crippen LogP contribution is -2.23. The van der Waals surface area contributed by atoms with Crippen LogP contribution in [0.3, 0.4) is 0 Å². The summed E-state index contributed by atoms with van der Waals surface area (Å²) in [7, 11) is 0.482. The Balaban J connectivity index is 2.19. The van der Waals surface area contributed by atoms with Crippen LogP contribution in [0.5, 0.6) is 5.75 Å². The van der Waals surface area contributed by atoms with Crippen LogP contribution in [-0.2, 0) is 11.5 Å². The predicted octanol–water partition coefficient (Wildman–Crippen LogP) is 3.52. The fourth-order valence-corrected chi connectivity index (χ4v) is 3.29. The number of ether oxygens (including phenoxy) is 2. The van der Waals surface area contributed by atoms with Gasteiger partial charge in [-0.2, -0.15) is 0 Å². The molecule has 0 atom stereocenters. The number of aromatic nitrogens is 1. The molecule has 0 fully saturated rings. The SMILES string of the molecule is COc1cc2c(cc1I)oc(=O)n2COCC[Si](C)(C)C. The van der Waals surface area contributed by atoms with Gasteiger partial charge in [0.1, 0.15) is 12.5 Å². The van der Waals surface area contributed by atoms with Crippen LogP contribution < -0.4 is 10.5 Å². The van der Waals surface area contributed by atoms with Gasteiger partial charge in [-0.05, 0) is 28.6 Å². The van der Waals surface area contributed by atoms with E-state index < -0.39 is 13.8 Å². The van der Waals surface area contributed by atoms with Crippen LogP contribution in [0.25, 0.3) is 11.1 Å². The number of methoxy groups -OCH3 is 1. The van der Waals surface area contributed by atoms with E-state index in [2.05, 4.69) is 42.2 Å². The maximum atomic E-state index is 11.9. The highest BCUT2D eigenvalue weighted by Gasteiger charge is 2.15. The zero-order valence-corrected chi connectivity index (χ0v) is 15.9. The largest absolute Gasteiger partial charge is 0.496 e. The Morgan fingerprint density at radius 3 is 2.67 bits per heavy atom. The number of hydrogen-bond donors (Lipinski definition) is 0. The van der Waals surface area contributed by atoms with Crippen molar-refractivity contribution in [3.05, 3.63) is 26.3 Å². The summed E-state index contributed by atoms with van der Waals surface area (Å²) in [5, 5.41) is 0. The molecule has 5 nitrogen and oxygen atoms in total. The summed E-state index contributed by atoms with van der Waals surface area (Å²) < 4.78 is 18.6. The van der Waals surface area contributed by atoms with E-state index in [-0.39, 0.29) is 6.73 Å². The molecule has 0 N–H and O–H groups in total. The minimum atomic E-state index is -1.13. The Hall–Kier alpha value is -0.803. The van der Waals surface area contributed by atoms with Crippen molar-refractivity contribution in [1.29, 1.82) is 0 Å². The molecule has 2 aromatic rings. The van der Waals surface area contributed by atoms with Crippen molar-refractivity contribution in [2.45, 2.75) is 32.4 Å². The first-order valence-corrected chi connectivity index (χ1v) is 11.5. The number of nitrogens with zero attached hydrogens (tertiary/aromatic N) is 1. The monoisotopic (exact) mass is 421 g/mol. The van der Waals surface area contributed by atoms with Gasteiger partial charge in [0, 0.05) is 26.8 Å². The minimum Gasteiger partial charge on any atom is -0.496 e. The molecular formula is C14H20INO4Si. The van der Waals surface area contributed by atoms with Crippen molar-refractivity contribution in [3.63, 3.8) is 0 Å². The number of oxazole rings is 1. The molecule has 0 aliphatic heterocycles. The Labute approximate surface area is 138 Å². The maximum Gasteiger partial charge on any atom is 0.421 e. The molecule has 7 heteroatoms. The third-order valence-corrected chi connectivity index (χ3v) is 5.71. The summed E-state index contributed by atoms with van der Waals surface area (Å²) in [6.45, 7) is 7.75. The van der Waals surface area contributed by atoms with E-state index in [1.54, 1.807) is 13.2 Å². The van der Waals surface area contributed by atoms with E-state index in [0.717, 1.165) is 15.4 Å². The van der Waals surface area contributed by atoms with Gasteiger partial charge in [-0.15, -0.1) is 0 Å². The average Bonchev–Trinajstić information content (AvgIpc) is 2.67. The highest BCUT2D eigenvalue weighted by atomic mass is 127. The second kappa shape index (κ2) is 6.53. The molecule has 0 saturated heterocycles. The highest BCUT2D eigenvalue weighted by molar-refractivity contribution is 14.1. The van der Waals surface area contributed by atoms with Gasteiger partial charge >= 0.3 is 5.76 Å². The Morgan fingerprint density at radius 2 is 2.05 bits per heavy atom. The molecule has 0 saturated carbocycles. The van der Waals surface area contributed by atoms with Crippen LogP contribution in [0.2, 0.25) is 25.7 Å². The molecule has 0 spiro atoms. The fraction of sp³-hybridized carbons (Fsp3) is 0.500. The van der Waals surface area contributed by atoms with Gasteiger partial charge in [-0.25, -0.2) is 9.36 Å². The van der Waals surface area contributed by atoms with Crippen LogP contribution in [-0.4, -0.2) is 26.4 Å². The van der Waals surface area contributed by atoms with Crippen LogP contribution >= 0.6 is 22.6 Å². The van der Waals surface area contributed by atoms with Crippen LogP contribution in [0.1, 0.15) is 0 Å². The van der Waals surface area contributed by atoms with Gasteiger partial charge < -0.3 is 13.9 Å². The van der Waals surface area contributed by atoms with Crippen molar-refractivity contribution >= 4 is 41.8 Å². The summed E-state index contributed by atoms with van der Waals surface area (Å²) >= 11 is 2.15. The smallest absolute Gasteiger partial charge is 0.421 e. The number of hydrogen-bond acceptors (Lipinski definition) is 4. The number of halogens is 1. The van der Waals surface area contributed by atoms with E-state index in [1.807, 2.05) is 6.07 Å². The Bertz CT molecular complexity index is 687. The van der Waals surface area contributed by atoms with Gasteiger partial charge in [0.25, 0.3) is 0 Å². The Morgan fingerprint density at radius 1 is 1.33 bits per heavy atom. The first-order chi connectivity index (χ1) is 9.81. The van der Waals surface area contributed by atoms with Crippen molar-refractivity contribution in [3.8, 4) is 5.75 Å². The van der Waals surface area contributed by atoms with Gasteiger partial charge in [-0.3, -0.25) is 0 Å². The molecule has 1 aromatic carbocycles. The summed E-state index contributed by atoms with van der Waals surface area (Å²) in [4.78, 5) is 11.9. The topological polar surface area (TPSA) is 53.6 Å². The summed E-state index contributed by atoms with van der Waals surface area (Å²) in [5.74, 6) is 0.321. The van der Waals surface area contributed by atoms with Gasteiger partial charge in [0.05, 0.1) is 16.2 Å². The second-order valence-corrected chi connectivity index (χ2v) is 12.9. The summed E-state index contributed by atoms with van der Waals surface area (Å²) in [6.07, 6.45) is 0. The molecule has 0 radical (unpaired) electrons. The lowest BCUT2D eigenvalue weighted by atomic mass is 10.3. The van der Waals surface area contributed by atoms with Crippen molar-refractivity contribution < 1.29 is 13.9 Å². The minimum absolute atomic E-state index is 0.208. The van der Waals surface area contributed by atoms with E-state index >= 15 is 0 Å². The molecule has 21 heavy (non-hydrogen) atoms. The number of rotatable bonds is 6. The van der Waals surface area contributed by atoms with E-state index in [0.29, 0.717) is 17.7 Å². The van der Waals surface area contributed by atoms with E-state index in [4.69, 9.17) is 13.9 Å². The Kier molecular flexibility index (Phi) is 5.15. The molecule has 0 bridgehead atoms. The molecule has 0 aliphatic carbocycles. The fourth-order valence-electron chi connectivity index (χ4n) is 1.88. The van der Waals surface area contributed by atoms with Crippen molar-refractivity contribution in [1.82, 2.24) is 4.57 Å². The molecular weight excluding hydrogens is 401 g/mol.